The van der Waals surface area contributed by atoms with Crippen LogP contribution in [0.4, 0.5) is 5.69 Å². The molecule has 0 saturated heterocycles. The third-order valence-corrected chi connectivity index (χ3v) is 5.76. The third-order valence-electron chi connectivity index (χ3n) is 4.56. The first-order valence-electron chi connectivity index (χ1n) is 9.90. The molecule has 3 aromatic rings. The number of anilines is 1. The zero-order valence-corrected chi connectivity index (χ0v) is 19.8. The maximum atomic E-state index is 12.5. The number of benzene rings is 2. The number of methoxy groups -OCH3 is 1. The SMILES string of the molecule is C=CCn1c(COc2ccc(Cl)cc2C)nnc1SCC(=O)Nc1cc(C)ccc1OC. The molecule has 0 aliphatic rings. The second-order valence-corrected chi connectivity index (χ2v) is 8.42. The average Bonchev–Trinajstić information content (AvgIpc) is 3.14. The predicted octanol–water partition coefficient (Wildman–Crippen LogP) is 5.05. The van der Waals surface area contributed by atoms with E-state index in [1.54, 1.807) is 19.3 Å². The average molecular weight is 473 g/mol. The van der Waals surface area contributed by atoms with Crippen molar-refractivity contribution in [3.8, 4) is 11.5 Å². The van der Waals surface area contributed by atoms with E-state index < -0.39 is 0 Å². The molecule has 0 spiro atoms. The molecule has 0 aliphatic carbocycles. The number of carbonyl (C=O) groups is 1. The number of nitrogens with zero attached hydrogens (tertiary/aromatic N) is 3. The Morgan fingerprint density at radius 2 is 2.00 bits per heavy atom. The van der Waals surface area contributed by atoms with E-state index in [1.807, 2.05) is 48.7 Å². The number of rotatable bonds is 10. The molecular weight excluding hydrogens is 448 g/mol. The van der Waals surface area contributed by atoms with Gasteiger partial charge in [0, 0.05) is 11.6 Å². The summed E-state index contributed by atoms with van der Waals surface area (Å²) >= 11 is 7.30. The Labute approximate surface area is 196 Å². The number of halogens is 1. The molecule has 7 nitrogen and oxygen atoms in total. The number of allylic oxidation sites excluding steroid dienone is 1. The fourth-order valence-electron chi connectivity index (χ4n) is 3.00. The molecule has 0 unspecified atom stereocenters. The van der Waals surface area contributed by atoms with Crippen LogP contribution in [0.5, 0.6) is 11.5 Å². The standard InChI is InChI=1S/C23H25ClN4O3S/c1-5-10-28-21(13-31-19-9-7-17(24)12-16(19)3)26-27-23(28)32-14-22(29)25-18-11-15(2)6-8-20(18)30-4/h5-9,11-12H,1,10,13-14H2,2-4H3,(H,25,29). The summed E-state index contributed by atoms with van der Waals surface area (Å²) in [6.45, 7) is 8.42. The number of aromatic nitrogens is 3. The lowest BCUT2D eigenvalue weighted by atomic mass is 10.2. The summed E-state index contributed by atoms with van der Waals surface area (Å²) in [5.41, 5.74) is 2.60. The number of hydrogen-bond acceptors (Lipinski definition) is 6. The number of thioether (sulfide) groups is 1. The molecule has 0 fully saturated rings. The van der Waals surface area contributed by atoms with Crippen LogP contribution in [0.2, 0.25) is 5.02 Å². The Balaban J connectivity index is 1.65. The molecule has 1 N–H and O–H groups in total. The van der Waals surface area contributed by atoms with Crippen molar-refractivity contribution in [2.45, 2.75) is 32.2 Å². The third kappa shape index (κ3) is 6.05. The summed E-state index contributed by atoms with van der Waals surface area (Å²) in [4.78, 5) is 12.5. The minimum Gasteiger partial charge on any atom is -0.495 e. The van der Waals surface area contributed by atoms with Crippen LogP contribution in [0.15, 0.2) is 54.2 Å². The Morgan fingerprint density at radius 1 is 1.22 bits per heavy atom. The Bertz CT molecular complexity index is 1120. The monoisotopic (exact) mass is 472 g/mol. The molecular formula is C23H25ClN4O3S. The molecule has 0 bridgehead atoms. The maximum Gasteiger partial charge on any atom is 0.234 e. The largest absolute Gasteiger partial charge is 0.495 e. The topological polar surface area (TPSA) is 78.3 Å². The van der Waals surface area contributed by atoms with E-state index in [9.17, 15) is 4.79 Å². The maximum absolute atomic E-state index is 12.5. The normalized spacial score (nSPS) is 10.6. The molecule has 3 rings (SSSR count). The van der Waals surface area contributed by atoms with Gasteiger partial charge in [-0.3, -0.25) is 9.36 Å². The summed E-state index contributed by atoms with van der Waals surface area (Å²) in [7, 11) is 1.57. The van der Waals surface area contributed by atoms with Gasteiger partial charge in [0.25, 0.3) is 0 Å². The van der Waals surface area contributed by atoms with E-state index in [2.05, 4.69) is 22.1 Å². The lowest BCUT2D eigenvalue weighted by molar-refractivity contribution is -0.113. The highest BCUT2D eigenvalue weighted by molar-refractivity contribution is 7.99. The van der Waals surface area contributed by atoms with E-state index in [0.717, 1.165) is 16.9 Å². The first-order valence-corrected chi connectivity index (χ1v) is 11.3. The fraction of sp³-hybridized carbons (Fsp3) is 0.261. The van der Waals surface area contributed by atoms with Gasteiger partial charge < -0.3 is 14.8 Å². The molecule has 9 heteroatoms. The van der Waals surface area contributed by atoms with Gasteiger partial charge in [0.2, 0.25) is 5.91 Å². The van der Waals surface area contributed by atoms with E-state index in [1.165, 1.54) is 11.8 Å². The summed E-state index contributed by atoms with van der Waals surface area (Å²) in [6.07, 6.45) is 1.75. The van der Waals surface area contributed by atoms with Gasteiger partial charge in [-0.05, 0) is 55.3 Å². The fourth-order valence-corrected chi connectivity index (χ4v) is 3.99. The van der Waals surface area contributed by atoms with Gasteiger partial charge in [0.1, 0.15) is 18.1 Å². The van der Waals surface area contributed by atoms with Gasteiger partial charge in [-0.2, -0.15) is 0 Å². The molecule has 2 aromatic carbocycles. The van der Waals surface area contributed by atoms with Gasteiger partial charge in [0.15, 0.2) is 11.0 Å². The molecule has 32 heavy (non-hydrogen) atoms. The lowest BCUT2D eigenvalue weighted by Gasteiger charge is -2.12. The van der Waals surface area contributed by atoms with Gasteiger partial charge in [-0.1, -0.05) is 35.5 Å². The summed E-state index contributed by atoms with van der Waals surface area (Å²) in [5, 5.41) is 12.6. The summed E-state index contributed by atoms with van der Waals surface area (Å²) in [5.74, 6) is 1.98. The predicted molar refractivity (Wildman–Crippen MR) is 128 cm³/mol. The Hall–Kier alpha value is -2.97. The zero-order chi connectivity index (χ0) is 23.1. The van der Waals surface area contributed by atoms with Crippen LogP contribution in [0.1, 0.15) is 17.0 Å². The molecule has 1 aromatic heterocycles. The number of carbonyl (C=O) groups excluding carboxylic acids is 1. The van der Waals surface area contributed by atoms with Gasteiger partial charge >= 0.3 is 0 Å². The van der Waals surface area contributed by atoms with Crippen LogP contribution in [0, 0.1) is 13.8 Å². The highest BCUT2D eigenvalue weighted by Gasteiger charge is 2.15. The number of amides is 1. The van der Waals surface area contributed by atoms with Crippen molar-refractivity contribution in [3.05, 3.63) is 71.0 Å². The Morgan fingerprint density at radius 3 is 2.72 bits per heavy atom. The van der Waals surface area contributed by atoms with E-state index in [-0.39, 0.29) is 18.3 Å². The van der Waals surface area contributed by atoms with E-state index in [0.29, 0.717) is 34.0 Å². The van der Waals surface area contributed by atoms with Crippen molar-refractivity contribution in [2.75, 3.05) is 18.2 Å². The number of hydrogen-bond donors (Lipinski definition) is 1. The molecule has 0 atom stereocenters. The first-order chi connectivity index (χ1) is 15.4. The second kappa shape index (κ2) is 11.1. The van der Waals surface area contributed by atoms with E-state index in [4.69, 9.17) is 21.1 Å². The van der Waals surface area contributed by atoms with Gasteiger partial charge in [0.05, 0.1) is 18.6 Å². The van der Waals surface area contributed by atoms with Crippen LogP contribution in [-0.2, 0) is 17.9 Å². The quantitative estimate of drug-likeness (QED) is 0.328. The van der Waals surface area contributed by atoms with Crippen LogP contribution >= 0.6 is 23.4 Å². The molecule has 168 valence electrons. The summed E-state index contributed by atoms with van der Waals surface area (Å²) in [6, 6.07) is 11.1. The van der Waals surface area contributed by atoms with Crippen molar-refractivity contribution >= 4 is 35.0 Å². The van der Waals surface area contributed by atoms with Crippen LogP contribution < -0.4 is 14.8 Å². The van der Waals surface area contributed by atoms with Crippen LogP contribution in [0.3, 0.4) is 0 Å². The number of nitrogens with one attached hydrogen (secondary N) is 1. The van der Waals surface area contributed by atoms with E-state index >= 15 is 0 Å². The van der Waals surface area contributed by atoms with Gasteiger partial charge in [-0.25, -0.2) is 0 Å². The molecule has 0 saturated carbocycles. The number of aryl methyl sites for hydroxylation is 2. The van der Waals surface area contributed by atoms with Crippen molar-refractivity contribution in [3.63, 3.8) is 0 Å². The van der Waals surface area contributed by atoms with Crippen molar-refractivity contribution < 1.29 is 14.3 Å². The minimum absolute atomic E-state index is 0.165. The highest BCUT2D eigenvalue weighted by atomic mass is 35.5. The molecule has 0 radical (unpaired) electrons. The van der Waals surface area contributed by atoms with Gasteiger partial charge in [-0.15, -0.1) is 16.8 Å². The van der Waals surface area contributed by atoms with Crippen molar-refractivity contribution in [1.29, 1.82) is 0 Å². The molecule has 0 aliphatic heterocycles. The van der Waals surface area contributed by atoms with Crippen molar-refractivity contribution in [2.24, 2.45) is 0 Å². The second-order valence-electron chi connectivity index (χ2n) is 7.04. The highest BCUT2D eigenvalue weighted by Crippen LogP contribution is 2.26. The Kier molecular flexibility index (Phi) is 8.19. The minimum atomic E-state index is -0.165. The smallest absolute Gasteiger partial charge is 0.234 e. The molecule has 1 amide bonds. The van der Waals surface area contributed by atoms with Crippen LogP contribution in [-0.4, -0.2) is 33.5 Å². The first kappa shape index (κ1) is 23.7. The van der Waals surface area contributed by atoms with Crippen LogP contribution in [0.25, 0.3) is 0 Å². The zero-order valence-electron chi connectivity index (χ0n) is 18.2. The summed E-state index contributed by atoms with van der Waals surface area (Å²) < 4.78 is 13.1. The number of ether oxygens (including phenoxy) is 2. The van der Waals surface area contributed by atoms with Crippen molar-refractivity contribution in [1.82, 2.24) is 14.8 Å². The molecule has 1 heterocycles. The lowest BCUT2D eigenvalue weighted by Crippen LogP contribution is -2.15.